The molecule has 248 valence electrons. The predicted molar refractivity (Wildman–Crippen MR) is 172 cm³/mol. The molecular weight excluding hydrogens is 608 g/mol. The number of carbonyl (C=O) groups is 6. The summed E-state index contributed by atoms with van der Waals surface area (Å²) < 4.78 is 0. The minimum absolute atomic E-state index is 0.0762. The monoisotopic (exact) mass is 646 g/mol. The van der Waals surface area contributed by atoms with E-state index < -0.39 is 59.7 Å². The number of benzene rings is 2. The maximum absolute atomic E-state index is 13.4. The van der Waals surface area contributed by atoms with Crippen LogP contribution in [-0.2, 0) is 41.6 Å². The van der Waals surface area contributed by atoms with Crippen molar-refractivity contribution >= 4 is 57.3 Å². The van der Waals surface area contributed by atoms with E-state index in [-0.39, 0.29) is 38.5 Å². The average molecular weight is 647 g/mol. The summed E-state index contributed by atoms with van der Waals surface area (Å²) in [7, 11) is 0. The molecule has 2 aromatic carbocycles. The van der Waals surface area contributed by atoms with Crippen LogP contribution in [0.5, 0.6) is 0 Å². The van der Waals surface area contributed by atoms with E-state index in [1.165, 1.54) is 0 Å². The molecule has 0 saturated heterocycles. The Labute approximate surface area is 269 Å². The summed E-state index contributed by atoms with van der Waals surface area (Å²) in [5, 5.41) is 19.0. The van der Waals surface area contributed by atoms with E-state index in [4.69, 9.17) is 17.2 Å². The molecule has 0 saturated carbocycles. The molecule has 0 radical (unpaired) electrons. The summed E-state index contributed by atoms with van der Waals surface area (Å²) in [6.45, 7) is 0. The Bertz CT molecular complexity index is 1780. The van der Waals surface area contributed by atoms with Crippen molar-refractivity contribution in [2.45, 2.75) is 62.7 Å². The van der Waals surface area contributed by atoms with Gasteiger partial charge in [0.25, 0.3) is 0 Å². The van der Waals surface area contributed by atoms with Crippen LogP contribution in [-0.4, -0.2) is 74.7 Å². The first-order valence-electron chi connectivity index (χ1n) is 15.0. The predicted octanol–water partition coefficient (Wildman–Crippen LogP) is -0.168. The van der Waals surface area contributed by atoms with Crippen LogP contribution in [0, 0.1) is 0 Å². The molecule has 5 amide bonds. The fourth-order valence-corrected chi connectivity index (χ4v) is 5.28. The number of nitrogens with one attached hydrogen (secondary N) is 5. The molecule has 4 atom stereocenters. The lowest BCUT2D eigenvalue weighted by Gasteiger charge is -2.25. The van der Waals surface area contributed by atoms with Crippen LogP contribution in [0.4, 0.5) is 0 Å². The smallest absolute Gasteiger partial charge is 0.326 e. The third-order valence-corrected chi connectivity index (χ3v) is 7.79. The van der Waals surface area contributed by atoms with Crippen LogP contribution in [0.15, 0.2) is 60.9 Å². The highest BCUT2D eigenvalue weighted by Crippen LogP contribution is 2.20. The van der Waals surface area contributed by atoms with Crippen LogP contribution >= 0.6 is 0 Å². The quantitative estimate of drug-likeness (QED) is 0.0741. The van der Waals surface area contributed by atoms with Gasteiger partial charge in [-0.15, -0.1) is 0 Å². The van der Waals surface area contributed by atoms with Gasteiger partial charge in [0.15, 0.2) is 0 Å². The summed E-state index contributed by atoms with van der Waals surface area (Å²) in [5.74, 6) is -5.26. The highest BCUT2D eigenvalue weighted by molar-refractivity contribution is 5.95. The first kappa shape index (κ1) is 34.2. The number of aromatic nitrogens is 2. The van der Waals surface area contributed by atoms with Crippen molar-refractivity contribution < 1.29 is 33.9 Å². The first-order valence-corrected chi connectivity index (χ1v) is 15.0. The number of carboxylic acid groups (broad SMARTS) is 1. The van der Waals surface area contributed by atoms with E-state index in [0.29, 0.717) is 5.56 Å². The van der Waals surface area contributed by atoms with E-state index >= 15 is 0 Å². The highest BCUT2D eigenvalue weighted by Gasteiger charge is 2.31. The van der Waals surface area contributed by atoms with Gasteiger partial charge in [-0.3, -0.25) is 24.0 Å². The minimum Gasteiger partial charge on any atom is -0.480 e. The van der Waals surface area contributed by atoms with Crippen LogP contribution in [0.1, 0.15) is 36.8 Å². The molecule has 47 heavy (non-hydrogen) atoms. The van der Waals surface area contributed by atoms with Crippen molar-refractivity contribution in [2.24, 2.45) is 17.2 Å². The molecular formula is C32H38N8O7. The molecule has 0 aliphatic rings. The molecule has 0 spiro atoms. The van der Waals surface area contributed by atoms with E-state index in [1.807, 2.05) is 42.5 Å². The number of nitrogens with two attached hydrogens (primary N) is 3. The normalized spacial score (nSPS) is 13.7. The third kappa shape index (κ3) is 9.17. The molecule has 15 nitrogen and oxygen atoms in total. The number of aliphatic carboxylic acids is 1. The Balaban J connectivity index is 1.47. The number of para-hydroxylation sites is 2. The Hall–Kier alpha value is -5.70. The van der Waals surface area contributed by atoms with Gasteiger partial charge in [0.2, 0.25) is 29.5 Å². The molecule has 0 bridgehead atoms. The minimum atomic E-state index is -1.41. The lowest BCUT2D eigenvalue weighted by atomic mass is 10.0. The number of hydrogen-bond donors (Lipinski definition) is 9. The lowest BCUT2D eigenvalue weighted by molar-refractivity contribution is -0.142. The van der Waals surface area contributed by atoms with E-state index in [1.54, 1.807) is 18.5 Å². The molecule has 2 aromatic heterocycles. The maximum atomic E-state index is 13.4. The average Bonchev–Trinajstić information content (AvgIpc) is 3.64. The van der Waals surface area contributed by atoms with Gasteiger partial charge in [-0.2, -0.15) is 0 Å². The molecule has 15 heteroatoms. The molecule has 0 fully saturated rings. The zero-order valence-corrected chi connectivity index (χ0v) is 25.5. The van der Waals surface area contributed by atoms with Crippen molar-refractivity contribution in [3.63, 3.8) is 0 Å². The highest BCUT2D eigenvalue weighted by atomic mass is 16.4. The van der Waals surface area contributed by atoms with Gasteiger partial charge in [-0.05, 0) is 42.5 Å². The zero-order valence-electron chi connectivity index (χ0n) is 25.5. The van der Waals surface area contributed by atoms with Gasteiger partial charge in [0.1, 0.15) is 18.1 Å². The van der Waals surface area contributed by atoms with Crippen molar-refractivity contribution in [1.29, 1.82) is 0 Å². The van der Waals surface area contributed by atoms with Gasteiger partial charge < -0.3 is 48.2 Å². The second kappa shape index (κ2) is 15.5. The van der Waals surface area contributed by atoms with Crippen LogP contribution in [0.3, 0.4) is 0 Å². The number of rotatable bonds is 17. The van der Waals surface area contributed by atoms with Crippen molar-refractivity contribution in [1.82, 2.24) is 25.9 Å². The van der Waals surface area contributed by atoms with E-state index in [9.17, 15) is 33.9 Å². The van der Waals surface area contributed by atoms with E-state index in [0.717, 1.165) is 27.4 Å². The number of fused-ring (bicyclic) bond motifs is 2. The van der Waals surface area contributed by atoms with Gasteiger partial charge in [0.05, 0.1) is 6.04 Å². The van der Waals surface area contributed by atoms with Crippen LogP contribution in [0.25, 0.3) is 21.8 Å². The second-order valence-corrected chi connectivity index (χ2v) is 11.3. The van der Waals surface area contributed by atoms with Crippen molar-refractivity contribution in [3.8, 4) is 0 Å². The number of aromatic amines is 2. The second-order valence-electron chi connectivity index (χ2n) is 11.3. The third-order valence-electron chi connectivity index (χ3n) is 7.79. The number of amides is 5. The Morgan fingerprint density at radius 2 is 1.06 bits per heavy atom. The number of carbonyl (C=O) groups excluding carboxylic acids is 5. The summed E-state index contributed by atoms with van der Waals surface area (Å²) in [4.78, 5) is 81.4. The zero-order chi connectivity index (χ0) is 34.1. The standard InChI is InChI=1S/C32H38N8O7/c33-21(13-17-15-36-22-7-3-1-5-19(17)22)29(43)38-24(9-11-27(34)41)30(44)39-25(10-12-28(35)42)31(45)40-26(32(46)47)14-18-16-37-23-8-4-2-6-20(18)23/h1-8,15-16,21,24-26,36-37H,9-14,33H2,(H2,34,41)(H2,35,42)(H,38,43)(H,39,44)(H,40,45)(H,46,47). The van der Waals surface area contributed by atoms with Gasteiger partial charge in [0, 0.05) is 53.5 Å². The molecule has 4 unspecified atom stereocenters. The Morgan fingerprint density at radius 3 is 1.53 bits per heavy atom. The molecule has 2 heterocycles. The number of carboxylic acids is 1. The summed E-state index contributed by atoms with van der Waals surface area (Å²) in [5.41, 5.74) is 19.8. The van der Waals surface area contributed by atoms with Crippen LogP contribution in [0.2, 0.25) is 0 Å². The molecule has 12 N–H and O–H groups in total. The molecule has 0 aliphatic heterocycles. The SMILES string of the molecule is NC(=O)CCC(NC(=O)C(N)Cc1c[nH]c2ccccc12)C(=O)NC(CCC(N)=O)C(=O)NC(Cc1c[nH]c2ccccc12)C(=O)O. The first-order chi connectivity index (χ1) is 22.4. The fraction of sp³-hybridized carbons (Fsp3) is 0.312. The topological polar surface area (TPSA) is 268 Å². The Kier molecular flexibility index (Phi) is 11.3. The van der Waals surface area contributed by atoms with Gasteiger partial charge >= 0.3 is 5.97 Å². The number of primary amides is 2. The number of H-pyrrole nitrogens is 2. The van der Waals surface area contributed by atoms with Crippen LogP contribution < -0.4 is 33.2 Å². The molecule has 4 rings (SSSR count). The summed E-state index contributed by atoms with van der Waals surface area (Å²) in [6, 6.07) is 9.50. The van der Waals surface area contributed by atoms with Gasteiger partial charge in [-0.25, -0.2) is 4.79 Å². The van der Waals surface area contributed by atoms with Crippen molar-refractivity contribution in [3.05, 3.63) is 72.1 Å². The fourth-order valence-electron chi connectivity index (χ4n) is 5.28. The Morgan fingerprint density at radius 1 is 0.638 bits per heavy atom. The van der Waals surface area contributed by atoms with Gasteiger partial charge in [-0.1, -0.05) is 36.4 Å². The summed E-state index contributed by atoms with van der Waals surface area (Å²) >= 11 is 0. The largest absolute Gasteiger partial charge is 0.480 e. The van der Waals surface area contributed by atoms with E-state index in [2.05, 4.69) is 25.9 Å². The summed E-state index contributed by atoms with van der Waals surface area (Å²) in [6.07, 6.45) is 2.38. The maximum Gasteiger partial charge on any atom is 0.326 e. The number of hydrogen-bond acceptors (Lipinski definition) is 7. The van der Waals surface area contributed by atoms with Crippen molar-refractivity contribution in [2.75, 3.05) is 0 Å². The molecule has 0 aliphatic carbocycles. The molecule has 4 aromatic rings. The lowest BCUT2D eigenvalue weighted by Crippen LogP contribution is -2.57.